The highest BCUT2D eigenvalue weighted by molar-refractivity contribution is 6.08. The van der Waals surface area contributed by atoms with E-state index in [1.165, 1.54) is 6.20 Å². The fourth-order valence-corrected chi connectivity index (χ4v) is 2.82. The van der Waals surface area contributed by atoms with Gasteiger partial charge in [0.1, 0.15) is 0 Å². The summed E-state index contributed by atoms with van der Waals surface area (Å²) in [6.45, 7) is -0.779. The number of benzene rings is 1. The molecular formula is C17H12F2N4. The van der Waals surface area contributed by atoms with Gasteiger partial charge in [-0.1, -0.05) is 12.1 Å². The number of alkyl halides is 2. The molecule has 0 bridgehead atoms. The molecular weight excluding hydrogens is 298 g/mol. The minimum absolute atomic E-state index is 0.461. The summed E-state index contributed by atoms with van der Waals surface area (Å²) in [5.74, 6) is 0. The molecule has 0 unspecified atom stereocenters. The highest BCUT2D eigenvalue weighted by Crippen LogP contribution is 2.34. The number of halogens is 2. The van der Waals surface area contributed by atoms with E-state index in [4.69, 9.17) is 0 Å². The summed E-state index contributed by atoms with van der Waals surface area (Å²) >= 11 is 0. The number of hydrogen-bond acceptors (Lipinski definition) is 3. The Kier molecular flexibility index (Phi) is 3.04. The third-order valence-electron chi connectivity index (χ3n) is 3.89. The zero-order valence-corrected chi connectivity index (χ0v) is 12.2. The quantitative estimate of drug-likeness (QED) is 0.553. The lowest BCUT2D eigenvalue weighted by Gasteiger charge is -2.06. The fraction of sp³-hybridized carbons (Fsp3) is 0.118. The highest BCUT2D eigenvalue weighted by Gasteiger charge is 2.17. The summed E-state index contributed by atoms with van der Waals surface area (Å²) in [5, 5.41) is 9.61. The van der Waals surface area contributed by atoms with Gasteiger partial charge in [0.05, 0.1) is 22.4 Å². The monoisotopic (exact) mass is 310 g/mol. The molecule has 0 atom stereocenters. The standard InChI is InChI=1S/C17H12F2N4/c1-10-2-5-14(22-21-10)11-3-4-12-13-9-20-7-6-15(13)23(17(18)19)16(12)8-11/h2-9,17H,1H3. The van der Waals surface area contributed by atoms with Crippen LogP contribution in [0.5, 0.6) is 0 Å². The summed E-state index contributed by atoms with van der Waals surface area (Å²) in [6.07, 6.45) is 3.13. The summed E-state index contributed by atoms with van der Waals surface area (Å²) in [4.78, 5) is 4.05. The zero-order chi connectivity index (χ0) is 16.0. The second-order valence-corrected chi connectivity index (χ2v) is 5.33. The van der Waals surface area contributed by atoms with Crippen LogP contribution in [0.15, 0.2) is 48.8 Å². The number of pyridine rings is 1. The van der Waals surface area contributed by atoms with Crippen LogP contribution in [0.3, 0.4) is 0 Å². The van der Waals surface area contributed by atoms with Crippen molar-refractivity contribution in [2.45, 2.75) is 13.5 Å². The van der Waals surface area contributed by atoms with Crippen LogP contribution in [0.1, 0.15) is 12.2 Å². The van der Waals surface area contributed by atoms with Gasteiger partial charge in [-0.25, -0.2) is 0 Å². The first-order valence-electron chi connectivity index (χ1n) is 7.11. The lowest BCUT2D eigenvalue weighted by molar-refractivity contribution is 0.0796. The molecule has 0 fully saturated rings. The first kappa shape index (κ1) is 13.8. The number of fused-ring (bicyclic) bond motifs is 3. The van der Waals surface area contributed by atoms with E-state index < -0.39 is 6.55 Å². The lowest BCUT2D eigenvalue weighted by atomic mass is 10.1. The van der Waals surface area contributed by atoms with Crippen molar-refractivity contribution >= 4 is 21.8 Å². The van der Waals surface area contributed by atoms with Crippen LogP contribution in [0.4, 0.5) is 8.78 Å². The number of nitrogens with zero attached hydrogens (tertiary/aromatic N) is 4. The predicted molar refractivity (Wildman–Crippen MR) is 84.3 cm³/mol. The van der Waals surface area contributed by atoms with Gasteiger partial charge in [-0.2, -0.15) is 19.0 Å². The number of aromatic nitrogens is 4. The Morgan fingerprint density at radius 2 is 1.83 bits per heavy atom. The van der Waals surface area contributed by atoms with Crippen LogP contribution in [0, 0.1) is 6.92 Å². The van der Waals surface area contributed by atoms with Crippen LogP contribution >= 0.6 is 0 Å². The molecule has 0 aliphatic carbocycles. The Morgan fingerprint density at radius 1 is 0.957 bits per heavy atom. The maximum absolute atomic E-state index is 13.6. The zero-order valence-electron chi connectivity index (χ0n) is 12.2. The molecule has 23 heavy (non-hydrogen) atoms. The van der Waals surface area contributed by atoms with E-state index in [0.717, 1.165) is 21.2 Å². The van der Waals surface area contributed by atoms with E-state index in [1.54, 1.807) is 18.3 Å². The van der Waals surface area contributed by atoms with Gasteiger partial charge in [0.25, 0.3) is 0 Å². The molecule has 114 valence electrons. The molecule has 3 aromatic heterocycles. The van der Waals surface area contributed by atoms with Crippen molar-refractivity contribution in [3.63, 3.8) is 0 Å². The van der Waals surface area contributed by atoms with Gasteiger partial charge in [0, 0.05) is 28.7 Å². The summed E-state index contributed by atoms with van der Waals surface area (Å²) in [6, 6.07) is 10.7. The molecule has 6 heteroatoms. The van der Waals surface area contributed by atoms with Crippen LogP contribution in [-0.2, 0) is 0 Å². The van der Waals surface area contributed by atoms with Crippen molar-refractivity contribution in [2.75, 3.05) is 0 Å². The van der Waals surface area contributed by atoms with E-state index in [-0.39, 0.29) is 0 Å². The van der Waals surface area contributed by atoms with Crippen LogP contribution in [0.2, 0.25) is 0 Å². The Labute approximate surface area is 130 Å². The molecule has 1 aromatic carbocycles. The van der Waals surface area contributed by atoms with Gasteiger partial charge >= 0.3 is 6.55 Å². The fourth-order valence-electron chi connectivity index (χ4n) is 2.82. The van der Waals surface area contributed by atoms with Gasteiger partial charge in [-0.3, -0.25) is 9.55 Å². The van der Waals surface area contributed by atoms with Gasteiger partial charge in [-0.15, -0.1) is 0 Å². The van der Waals surface area contributed by atoms with E-state index in [0.29, 0.717) is 22.1 Å². The minimum Gasteiger partial charge on any atom is -0.284 e. The Hall–Kier alpha value is -2.89. The van der Waals surface area contributed by atoms with Crippen LogP contribution in [-0.4, -0.2) is 19.7 Å². The van der Waals surface area contributed by atoms with Gasteiger partial charge in [0.2, 0.25) is 0 Å². The molecule has 0 radical (unpaired) electrons. The number of aryl methyl sites for hydroxylation is 1. The van der Waals surface area contributed by atoms with Crippen molar-refractivity contribution in [3.05, 3.63) is 54.5 Å². The molecule has 3 heterocycles. The molecule has 0 amide bonds. The van der Waals surface area contributed by atoms with Crippen molar-refractivity contribution in [3.8, 4) is 11.3 Å². The van der Waals surface area contributed by atoms with Gasteiger partial charge < -0.3 is 0 Å². The van der Waals surface area contributed by atoms with E-state index in [2.05, 4.69) is 15.2 Å². The molecule has 0 aliphatic heterocycles. The molecule has 4 rings (SSSR count). The minimum atomic E-state index is -2.63. The third-order valence-corrected chi connectivity index (χ3v) is 3.89. The summed E-state index contributed by atoms with van der Waals surface area (Å²) in [5.41, 5.74) is 3.15. The lowest BCUT2D eigenvalue weighted by Crippen LogP contribution is -1.97. The maximum Gasteiger partial charge on any atom is 0.319 e. The van der Waals surface area contributed by atoms with Crippen molar-refractivity contribution in [1.82, 2.24) is 19.7 Å². The van der Waals surface area contributed by atoms with Gasteiger partial charge in [0.15, 0.2) is 0 Å². The van der Waals surface area contributed by atoms with Crippen LogP contribution in [0.25, 0.3) is 33.1 Å². The molecule has 0 N–H and O–H groups in total. The second-order valence-electron chi connectivity index (χ2n) is 5.33. The predicted octanol–water partition coefficient (Wildman–Crippen LogP) is 4.35. The molecule has 4 nitrogen and oxygen atoms in total. The smallest absolute Gasteiger partial charge is 0.284 e. The van der Waals surface area contributed by atoms with Crippen molar-refractivity contribution in [2.24, 2.45) is 0 Å². The Bertz CT molecular complexity index is 1010. The summed E-state index contributed by atoms with van der Waals surface area (Å²) < 4.78 is 28.1. The largest absolute Gasteiger partial charge is 0.319 e. The average Bonchev–Trinajstić information content (AvgIpc) is 2.89. The first-order valence-corrected chi connectivity index (χ1v) is 7.11. The normalized spacial score (nSPS) is 11.7. The topological polar surface area (TPSA) is 43.6 Å². The third kappa shape index (κ3) is 2.14. The number of hydrogen-bond donors (Lipinski definition) is 0. The van der Waals surface area contributed by atoms with E-state index in [9.17, 15) is 8.78 Å². The van der Waals surface area contributed by atoms with Crippen molar-refractivity contribution < 1.29 is 8.78 Å². The average molecular weight is 310 g/mol. The maximum atomic E-state index is 13.6. The molecule has 4 aromatic rings. The molecule has 0 spiro atoms. The van der Waals surface area contributed by atoms with Gasteiger partial charge in [-0.05, 0) is 31.2 Å². The Morgan fingerprint density at radius 3 is 2.57 bits per heavy atom. The second kappa shape index (κ2) is 5.08. The highest BCUT2D eigenvalue weighted by atomic mass is 19.3. The molecule has 0 saturated carbocycles. The molecule has 0 saturated heterocycles. The first-order chi connectivity index (χ1) is 11.1. The van der Waals surface area contributed by atoms with E-state index >= 15 is 0 Å². The summed E-state index contributed by atoms with van der Waals surface area (Å²) in [7, 11) is 0. The number of rotatable bonds is 2. The molecule has 0 aliphatic rings. The van der Waals surface area contributed by atoms with Crippen LogP contribution < -0.4 is 0 Å². The Balaban J connectivity index is 2.03. The van der Waals surface area contributed by atoms with Crippen molar-refractivity contribution in [1.29, 1.82) is 0 Å². The SMILES string of the molecule is Cc1ccc(-c2ccc3c4cnccc4n(C(F)F)c3c2)nn1. The van der Waals surface area contributed by atoms with E-state index in [1.807, 2.05) is 31.2 Å².